The van der Waals surface area contributed by atoms with E-state index < -0.39 is 97.5 Å². The van der Waals surface area contributed by atoms with Crippen molar-refractivity contribution in [1.82, 2.24) is 0 Å². The molecule has 0 aliphatic carbocycles. The maximum atomic E-state index is 13.1. The van der Waals surface area contributed by atoms with Crippen LogP contribution in [0.4, 0.5) is 0 Å². The molecule has 0 spiro atoms. The highest BCUT2D eigenvalue weighted by Crippen LogP contribution is 2.45. The van der Waals surface area contributed by atoms with Crippen molar-refractivity contribution in [3.63, 3.8) is 0 Å². The Morgan fingerprint density at radius 2 is 0.484 bits per heavy atom. The van der Waals surface area contributed by atoms with Gasteiger partial charge in [0.1, 0.15) is 19.3 Å². The Morgan fingerprint density at radius 1 is 0.284 bits per heavy atom. The number of carbonyl (C=O) groups excluding carboxylic acids is 4. The number of phosphoric ester groups is 2. The van der Waals surface area contributed by atoms with Crippen molar-refractivity contribution < 1.29 is 80.2 Å². The fourth-order valence-corrected chi connectivity index (χ4v) is 13.3. The fraction of sp³-hybridized carbons (Fsp3) is 0.947. The van der Waals surface area contributed by atoms with Gasteiger partial charge in [-0.3, -0.25) is 37.3 Å². The normalized spacial score (nSPS) is 13.9. The van der Waals surface area contributed by atoms with E-state index in [1.807, 2.05) is 0 Å². The van der Waals surface area contributed by atoms with Crippen LogP contribution in [0.15, 0.2) is 0 Å². The summed E-state index contributed by atoms with van der Waals surface area (Å²) in [5, 5.41) is 10.6. The molecule has 3 N–H and O–H groups in total. The van der Waals surface area contributed by atoms with E-state index in [1.54, 1.807) is 0 Å². The molecular formula is C76H148O17P2. The van der Waals surface area contributed by atoms with E-state index in [0.29, 0.717) is 25.7 Å². The lowest BCUT2D eigenvalue weighted by molar-refractivity contribution is -0.161. The van der Waals surface area contributed by atoms with Crippen LogP contribution in [-0.2, 0) is 65.4 Å². The van der Waals surface area contributed by atoms with Crippen LogP contribution in [0.25, 0.3) is 0 Å². The van der Waals surface area contributed by atoms with Crippen LogP contribution in [0.1, 0.15) is 401 Å². The molecule has 564 valence electrons. The van der Waals surface area contributed by atoms with E-state index in [0.717, 1.165) is 95.8 Å². The molecule has 0 saturated heterocycles. The summed E-state index contributed by atoms with van der Waals surface area (Å²) in [6.45, 7) is 7.24. The zero-order valence-corrected chi connectivity index (χ0v) is 63.6. The lowest BCUT2D eigenvalue weighted by atomic mass is 10.0. The van der Waals surface area contributed by atoms with Crippen LogP contribution in [0, 0.1) is 5.92 Å². The maximum Gasteiger partial charge on any atom is 0.472 e. The molecule has 17 nitrogen and oxygen atoms in total. The highest BCUT2D eigenvalue weighted by atomic mass is 31.2. The van der Waals surface area contributed by atoms with Gasteiger partial charge in [-0.2, -0.15) is 0 Å². The molecule has 0 heterocycles. The Kier molecular flexibility index (Phi) is 67.7. The first-order valence-electron chi connectivity index (χ1n) is 39.6. The van der Waals surface area contributed by atoms with E-state index in [9.17, 15) is 43.2 Å². The number of aliphatic hydroxyl groups is 1. The molecule has 0 radical (unpaired) electrons. The summed E-state index contributed by atoms with van der Waals surface area (Å²) in [4.78, 5) is 72.7. The van der Waals surface area contributed by atoms with Gasteiger partial charge in [-0.15, -0.1) is 0 Å². The predicted octanol–water partition coefficient (Wildman–Crippen LogP) is 22.5. The first-order chi connectivity index (χ1) is 46.0. The topological polar surface area (TPSA) is 237 Å². The number of hydrogen-bond donors (Lipinski definition) is 3. The highest BCUT2D eigenvalue weighted by molar-refractivity contribution is 7.47. The van der Waals surface area contributed by atoms with Gasteiger partial charge < -0.3 is 33.8 Å². The number of esters is 4. The molecule has 0 fully saturated rings. The van der Waals surface area contributed by atoms with Crippen LogP contribution < -0.4 is 0 Å². The Labute approximate surface area is 581 Å². The summed E-state index contributed by atoms with van der Waals surface area (Å²) in [7, 11) is -9.91. The van der Waals surface area contributed by atoms with E-state index in [1.165, 1.54) is 225 Å². The van der Waals surface area contributed by atoms with Gasteiger partial charge in [0.2, 0.25) is 0 Å². The fourth-order valence-electron chi connectivity index (χ4n) is 11.7. The van der Waals surface area contributed by atoms with Gasteiger partial charge in [0, 0.05) is 25.7 Å². The monoisotopic (exact) mass is 1400 g/mol. The standard InChI is InChI=1S/C76H148O17P2/c1-6-9-12-15-18-21-23-25-27-29-30-31-33-35-37-40-46-51-56-61-75(80)92-71(66-87-74(79)60-55-50-45-39-36-34-32-28-26-24-22-19-16-13-10-7-2)67-90-94(82,83)88-63-70(77)64-89-95(84,85)91-68-72(65-86-73(78)59-54-49-44-38-20-17-14-11-8-3)93-76(81)62-57-52-47-42-41-43-48-53-58-69(4)5/h69-72,77H,6-68H2,1-5H3,(H,82,83)(H,84,85)/t70-,71-,72-/m1/s1. The van der Waals surface area contributed by atoms with Gasteiger partial charge in [0.05, 0.1) is 26.4 Å². The van der Waals surface area contributed by atoms with Crippen LogP contribution >= 0.6 is 15.6 Å². The molecule has 0 aliphatic heterocycles. The van der Waals surface area contributed by atoms with Crippen LogP contribution in [-0.4, -0.2) is 96.7 Å². The molecule has 95 heavy (non-hydrogen) atoms. The minimum Gasteiger partial charge on any atom is -0.462 e. The summed E-state index contributed by atoms with van der Waals surface area (Å²) in [6, 6.07) is 0. The van der Waals surface area contributed by atoms with Crippen molar-refractivity contribution in [2.24, 2.45) is 5.92 Å². The molecule has 2 unspecified atom stereocenters. The average Bonchev–Trinajstić information content (AvgIpc) is 1.66. The average molecular weight is 1400 g/mol. The largest absolute Gasteiger partial charge is 0.472 e. The molecule has 19 heteroatoms. The summed E-state index contributed by atoms with van der Waals surface area (Å²) in [5.41, 5.74) is 0. The zero-order chi connectivity index (χ0) is 69.8. The van der Waals surface area contributed by atoms with Gasteiger partial charge >= 0.3 is 39.5 Å². The zero-order valence-electron chi connectivity index (χ0n) is 61.8. The summed E-state index contributed by atoms with van der Waals surface area (Å²) < 4.78 is 68.5. The lowest BCUT2D eigenvalue weighted by Gasteiger charge is -2.21. The molecule has 0 bridgehead atoms. The van der Waals surface area contributed by atoms with Crippen molar-refractivity contribution in [2.75, 3.05) is 39.6 Å². The molecule has 0 aromatic rings. The molecular weight excluding hydrogens is 1250 g/mol. The number of ether oxygens (including phenoxy) is 4. The van der Waals surface area contributed by atoms with Gasteiger partial charge in [0.25, 0.3) is 0 Å². The number of carbonyl (C=O) groups is 4. The molecule has 0 aromatic heterocycles. The van der Waals surface area contributed by atoms with Gasteiger partial charge in [0.15, 0.2) is 12.2 Å². The van der Waals surface area contributed by atoms with Gasteiger partial charge in [-0.05, 0) is 31.6 Å². The third-order valence-electron chi connectivity index (χ3n) is 17.8. The number of rotatable bonds is 76. The molecule has 0 saturated carbocycles. The second-order valence-corrected chi connectivity index (χ2v) is 30.8. The Bertz CT molecular complexity index is 1820. The number of aliphatic hydroxyl groups excluding tert-OH is 1. The van der Waals surface area contributed by atoms with E-state index >= 15 is 0 Å². The Hall–Kier alpha value is -1.94. The van der Waals surface area contributed by atoms with Crippen molar-refractivity contribution in [3.8, 4) is 0 Å². The van der Waals surface area contributed by atoms with Crippen molar-refractivity contribution in [3.05, 3.63) is 0 Å². The number of phosphoric acid groups is 2. The van der Waals surface area contributed by atoms with E-state index in [4.69, 9.17) is 37.0 Å². The molecule has 0 aromatic carbocycles. The first kappa shape index (κ1) is 93.1. The lowest BCUT2D eigenvalue weighted by Crippen LogP contribution is -2.30. The van der Waals surface area contributed by atoms with Crippen molar-refractivity contribution >= 4 is 39.5 Å². The van der Waals surface area contributed by atoms with Crippen LogP contribution in [0.2, 0.25) is 0 Å². The Morgan fingerprint density at radius 3 is 0.716 bits per heavy atom. The van der Waals surface area contributed by atoms with E-state index in [-0.39, 0.29) is 25.7 Å². The summed E-state index contributed by atoms with van der Waals surface area (Å²) in [5.74, 6) is -1.40. The van der Waals surface area contributed by atoms with Crippen LogP contribution in [0.5, 0.6) is 0 Å². The smallest absolute Gasteiger partial charge is 0.462 e. The highest BCUT2D eigenvalue weighted by Gasteiger charge is 2.30. The summed E-state index contributed by atoms with van der Waals surface area (Å²) >= 11 is 0. The third kappa shape index (κ3) is 70.3. The number of hydrogen-bond acceptors (Lipinski definition) is 15. The minimum absolute atomic E-state index is 0.105. The summed E-state index contributed by atoms with van der Waals surface area (Å²) in [6.07, 6.45) is 58.4. The van der Waals surface area contributed by atoms with E-state index in [2.05, 4.69) is 34.6 Å². The quantitative estimate of drug-likeness (QED) is 0.0222. The number of unbranched alkanes of at least 4 members (excludes halogenated alkanes) is 48. The van der Waals surface area contributed by atoms with Crippen molar-refractivity contribution in [1.29, 1.82) is 0 Å². The second-order valence-electron chi connectivity index (χ2n) is 27.9. The predicted molar refractivity (Wildman–Crippen MR) is 386 cm³/mol. The Balaban J connectivity index is 5.21. The molecule has 0 rings (SSSR count). The van der Waals surface area contributed by atoms with Crippen molar-refractivity contribution in [2.45, 2.75) is 419 Å². The minimum atomic E-state index is -4.96. The van der Waals surface area contributed by atoms with Gasteiger partial charge in [-0.25, -0.2) is 9.13 Å². The molecule has 0 aliphatic rings. The maximum absolute atomic E-state index is 13.1. The third-order valence-corrected chi connectivity index (χ3v) is 19.7. The van der Waals surface area contributed by atoms with Gasteiger partial charge in [-0.1, -0.05) is 349 Å². The van der Waals surface area contributed by atoms with Crippen LogP contribution in [0.3, 0.4) is 0 Å². The molecule has 0 amide bonds. The first-order valence-corrected chi connectivity index (χ1v) is 42.6. The SMILES string of the molecule is CCCCCCCCCCCCCCCCCCCCCC(=O)O[C@H](COC(=O)CCCCCCCCCCCCCCCCCC)COP(=O)(O)OC[C@@H](O)COP(=O)(O)OC[C@@H](COC(=O)CCCCCCCCCCC)OC(=O)CCCCCCCCCCC(C)C. The molecule has 5 atom stereocenters. The second kappa shape index (κ2) is 69.2.